The SMILES string of the molecule is CNC(C)C(=O)NC1(c2ccccc2)Cc2ccccc2C1. The van der Waals surface area contributed by atoms with Crippen molar-refractivity contribution in [3.05, 3.63) is 71.3 Å². The van der Waals surface area contributed by atoms with Crippen LogP contribution in [0.15, 0.2) is 54.6 Å². The molecule has 0 saturated heterocycles. The number of nitrogens with one attached hydrogen (secondary N) is 2. The van der Waals surface area contributed by atoms with Crippen LogP contribution in [0.5, 0.6) is 0 Å². The predicted octanol–water partition coefficient (Wildman–Crippen LogP) is 2.40. The highest BCUT2D eigenvalue weighted by Gasteiger charge is 2.40. The molecule has 3 heteroatoms. The number of hydrogen-bond acceptors (Lipinski definition) is 2. The van der Waals surface area contributed by atoms with Gasteiger partial charge in [0.2, 0.25) is 5.91 Å². The molecule has 2 aromatic rings. The van der Waals surface area contributed by atoms with Gasteiger partial charge in [0.25, 0.3) is 0 Å². The Bertz CT molecular complexity index is 641. The predicted molar refractivity (Wildman–Crippen MR) is 88.6 cm³/mol. The number of carbonyl (C=O) groups is 1. The first-order valence-electron chi connectivity index (χ1n) is 7.76. The van der Waals surface area contributed by atoms with E-state index in [1.165, 1.54) is 16.7 Å². The first-order valence-corrected chi connectivity index (χ1v) is 7.76. The van der Waals surface area contributed by atoms with Crippen LogP contribution in [-0.2, 0) is 23.2 Å². The van der Waals surface area contributed by atoms with Crippen LogP contribution in [0.1, 0.15) is 23.6 Å². The highest BCUT2D eigenvalue weighted by molar-refractivity contribution is 5.82. The summed E-state index contributed by atoms with van der Waals surface area (Å²) in [5, 5.41) is 6.32. The summed E-state index contributed by atoms with van der Waals surface area (Å²) in [6.45, 7) is 1.89. The van der Waals surface area contributed by atoms with E-state index in [1.54, 1.807) is 0 Å². The maximum Gasteiger partial charge on any atom is 0.237 e. The molecule has 1 aliphatic rings. The van der Waals surface area contributed by atoms with E-state index in [-0.39, 0.29) is 17.5 Å². The smallest absolute Gasteiger partial charge is 0.237 e. The molecule has 114 valence electrons. The minimum atomic E-state index is -0.340. The molecule has 22 heavy (non-hydrogen) atoms. The second kappa shape index (κ2) is 5.93. The number of benzene rings is 2. The van der Waals surface area contributed by atoms with Gasteiger partial charge in [-0.05, 0) is 30.7 Å². The van der Waals surface area contributed by atoms with Gasteiger partial charge < -0.3 is 10.6 Å². The molecule has 0 fully saturated rings. The Morgan fingerprint density at radius 1 is 1.00 bits per heavy atom. The summed E-state index contributed by atoms with van der Waals surface area (Å²) < 4.78 is 0. The molecule has 0 bridgehead atoms. The molecule has 1 unspecified atom stereocenters. The molecule has 0 aliphatic heterocycles. The largest absolute Gasteiger partial charge is 0.345 e. The summed E-state index contributed by atoms with van der Waals surface area (Å²) >= 11 is 0. The fourth-order valence-electron chi connectivity index (χ4n) is 3.21. The molecule has 3 rings (SSSR count). The third-order valence-electron chi connectivity index (χ3n) is 4.62. The van der Waals surface area contributed by atoms with Crippen molar-refractivity contribution in [3.63, 3.8) is 0 Å². The normalized spacial score (nSPS) is 16.8. The number of amides is 1. The Balaban J connectivity index is 1.97. The molecule has 0 saturated carbocycles. The zero-order valence-electron chi connectivity index (χ0n) is 13.1. The van der Waals surface area contributed by atoms with Crippen molar-refractivity contribution in [2.24, 2.45) is 0 Å². The summed E-state index contributed by atoms with van der Waals surface area (Å²) in [7, 11) is 1.81. The van der Waals surface area contributed by atoms with Crippen LogP contribution in [0.25, 0.3) is 0 Å². The van der Waals surface area contributed by atoms with Crippen LogP contribution in [-0.4, -0.2) is 19.0 Å². The fourth-order valence-corrected chi connectivity index (χ4v) is 3.21. The second-order valence-corrected chi connectivity index (χ2v) is 6.07. The average molecular weight is 294 g/mol. The second-order valence-electron chi connectivity index (χ2n) is 6.07. The third kappa shape index (κ3) is 2.64. The number of fused-ring (bicyclic) bond motifs is 1. The van der Waals surface area contributed by atoms with E-state index in [1.807, 2.05) is 32.2 Å². The molecular formula is C19H22N2O. The van der Waals surface area contributed by atoms with Crippen molar-refractivity contribution in [2.45, 2.75) is 31.3 Å². The third-order valence-corrected chi connectivity index (χ3v) is 4.62. The van der Waals surface area contributed by atoms with Crippen LogP contribution < -0.4 is 10.6 Å². The lowest BCUT2D eigenvalue weighted by atomic mass is 9.86. The van der Waals surface area contributed by atoms with Crippen LogP contribution in [0.3, 0.4) is 0 Å². The standard InChI is InChI=1S/C19H22N2O/c1-14(20-2)18(22)21-19(17-10-4-3-5-11-17)12-15-8-6-7-9-16(15)13-19/h3-11,14,20H,12-13H2,1-2H3,(H,21,22). The molecule has 2 aromatic carbocycles. The van der Waals surface area contributed by atoms with Gasteiger partial charge >= 0.3 is 0 Å². The Kier molecular flexibility index (Phi) is 3.99. The Morgan fingerprint density at radius 3 is 2.09 bits per heavy atom. The summed E-state index contributed by atoms with van der Waals surface area (Å²) in [5.74, 6) is 0.0409. The van der Waals surface area contributed by atoms with Gasteiger partial charge in [-0.25, -0.2) is 0 Å². The molecule has 0 radical (unpaired) electrons. The number of hydrogen-bond donors (Lipinski definition) is 2. The van der Waals surface area contributed by atoms with Crippen molar-refractivity contribution in [2.75, 3.05) is 7.05 Å². The molecule has 2 N–H and O–H groups in total. The van der Waals surface area contributed by atoms with Crippen molar-refractivity contribution < 1.29 is 4.79 Å². The van der Waals surface area contributed by atoms with Crippen LogP contribution >= 0.6 is 0 Å². The van der Waals surface area contributed by atoms with E-state index in [4.69, 9.17) is 0 Å². The highest BCUT2D eigenvalue weighted by atomic mass is 16.2. The minimum Gasteiger partial charge on any atom is -0.345 e. The number of rotatable bonds is 4. The van der Waals surface area contributed by atoms with Gasteiger partial charge in [-0.3, -0.25) is 4.79 Å². The number of carbonyl (C=O) groups excluding carboxylic acids is 1. The van der Waals surface area contributed by atoms with Gasteiger partial charge in [0, 0.05) is 12.8 Å². The zero-order valence-corrected chi connectivity index (χ0v) is 13.1. The molecule has 0 spiro atoms. The lowest BCUT2D eigenvalue weighted by Gasteiger charge is -2.32. The number of likely N-dealkylation sites (N-methyl/N-ethyl adjacent to an activating group) is 1. The Morgan fingerprint density at radius 2 is 1.55 bits per heavy atom. The van der Waals surface area contributed by atoms with E-state index in [2.05, 4.69) is 47.0 Å². The van der Waals surface area contributed by atoms with Gasteiger partial charge in [-0.15, -0.1) is 0 Å². The summed E-state index contributed by atoms with van der Waals surface area (Å²) in [6.07, 6.45) is 1.69. The van der Waals surface area contributed by atoms with E-state index >= 15 is 0 Å². The first kappa shape index (κ1) is 14.8. The van der Waals surface area contributed by atoms with Gasteiger partial charge in [-0.2, -0.15) is 0 Å². The topological polar surface area (TPSA) is 41.1 Å². The summed E-state index contributed by atoms with van der Waals surface area (Å²) in [4.78, 5) is 12.5. The first-order chi connectivity index (χ1) is 10.6. The Labute approximate surface area is 131 Å². The monoisotopic (exact) mass is 294 g/mol. The molecule has 1 atom stereocenters. The van der Waals surface area contributed by atoms with Gasteiger partial charge in [-0.1, -0.05) is 54.6 Å². The van der Waals surface area contributed by atoms with Gasteiger partial charge in [0.1, 0.15) is 0 Å². The molecule has 0 aromatic heterocycles. The van der Waals surface area contributed by atoms with E-state index in [9.17, 15) is 4.79 Å². The minimum absolute atomic E-state index is 0.0409. The van der Waals surface area contributed by atoms with Gasteiger partial charge in [0.05, 0.1) is 11.6 Å². The average Bonchev–Trinajstić information content (AvgIpc) is 2.94. The van der Waals surface area contributed by atoms with Crippen molar-refractivity contribution >= 4 is 5.91 Å². The fraction of sp³-hybridized carbons (Fsp3) is 0.316. The lowest BCUT2D eigenvalue weighted by molar-refractivity contribution is -0.124. The highest BCUT2D eigenvalue weighted by Crippen LogP contribution is 2.37. The van der Waals surface area contributed by atoms with E-state index in [0.717, 1.165) is 12.8 Å². The lowest BCUT2D eigenvalue weighted by Crippen LogP contribution is -2.52. The van der Waals surface area contributed by atoms with Crippen molar-refractivity contribution in [1.29, 1.82) is 0 Å². The maximum atomic E-state index is 12.5. The Hall–Kier alpha value is -2.13. The van der Waals surface area contributed by atoms with Crippen LogP contribution in [0, 0.1) is 0 Å². The molecule has 3 nitrogen and oxygen atoms in total. The molecular weight excluding hydrogens is 272 g/mol. The molecule has 0 heterocycles. The summed E-state index contributed by atoms with van der Waals surface area (Å²) in [5.41, 5.74) is 3.48. The van der Waals surface area contributed by atoms with E-state index < -0.39 is 0 Å². The summed E-state index contributed by atoms with van der Waals surface area (Å²) in [6, 6.07) is 18.5. The van der Waals surface area contributed by atoms with E-state index in [0.29, 0.717) is 0 Å². The van der Waals surface area contributed by atoms with Crippen molar-refractivity contribution in [3.8, 4) is 0 Å². The van der Waals surface area contributed by atoms with Crippen LogP contribution in [0.4, 0.5) is 0 Å². The molecule has 1 amide bonds. The quantitative estimate of drug-likeness (QED) is 0.909. The van der Waals surface area contributed by atoms with Crippen LogP contribution in [0.2, 0.25) is 0 Å². The maximum absolute atomic E-state index is 12.5. The molecule has 1 aliphatic carbocycles. The zero-order chi connectivity index (χ0) is 15.6. The van der Waals surface area contributed by atoms with Crippen molar-refractivity contribution in [1.82, 2.24) is 10.6 Å². The van der Waals surface area contributed by atoms with Gasteiger partial charge in [0.15, 0.2) is 0 Å².